The quantitative estimate of drug-likeness (QED) is 0.542. The SMILES string of the molecule is COC(=O)C1[C@@H]2CNC[C@@H]1C2. The van der Waals surface area contributed by atoms with E-state index in [4.69, 9.17) is 4.74 Å². The zero-order chi connectivity index (χ0) is 7.84. The van der Waals surface area contributed by atoms with Gasteiger partial charge >= 0.3 is 5.97 Å². The van der Waals surface area contributed by atoms with E-state index in [0.29, 0.717) is 11.8 Å². The molecule has 3 aliphatic rings. The van der Waals surface area contributed by atoms with Gasteiger partial charge in [-0.2, -0.15) is 0 Å². The molecule has 1 aliphatic carbocycles. The first kappa shape index (κ1) is 7.10. The van der Waals surface area contributed by atoms with Crippen molar-refractivity contribution in [2.75, 3.05) is 20.2 Å². The van der Waals surface area contributed by atoms with Crippen LogP contribution in [-0.2, 0) is 9.53 Å². The monoisotopic (exact) mass is 155 g/mol. The first-order valence-corrected chi connectivity index (χ1v) is 4.11. The molecule has 2 atom stereocenters. The summed E-state index contributed by atoms with van der Waals surface area (Å²) in [5.74, 6) is 1.32. The molecule has 0 aromatic rings. The van der Waals surface area contributed by atoms with Crippen LogP contribution in [0, 0.1) is 17.8 Å². The molecule has 1 saturated carbocycles. The van der Waals surface area contributed by atoms with Crippen LogP contribution in [0.1, 0.15) is 6.42 Å². The van der Waals surface area contributed by atoms with E-state index < -0.39 is 0 Å². The van der Waals surface area contributed by atoms with Crippen molar-refractivity contribution < 1.29 is 9.53 Å². The van der Waals surface area contributed by atoms with Gasteiger partial charge in [-0.25, -0.2) is 0 Å². The molecule has 3 heteroatoms. The van der Waals surface area contributed by atoms with E-state index in [1.54, 1.807) is 0 Å². The Bertz CT molecular complexity index is 167. The minimum atomic E-state index is -0.00671. The van der Waals surface area contributed by atoms with Gasteiger partial charge in [-0.15, -0.1) is 0 Å². The molecule has 0 radical (unpaired) electrons. The molecule has 0 aromatic heterocycles. The number of ether oxygens (including phenoxy) is 1. The smallest absolute Gasteiger partial charge is 0.309 e. The summed E-state index contributed by atoms with van der Waals surface area (Å²) >= 11 is 0. The maximum atomic E-state index is 11.2. The summed E-state index contributed by atoms with van der Waals surface area (Å²) in [4.78, 5) is 11.2. The van der Waals surface area contributed by atoms with E-state index in [0.717, 1.165) is 13.1 Å². The molecule has 0 aromatic carbocycles. The molecule has 1 N–H and O–H groups in total. The molecule has 2 bridgehead atoms. The van der Waals surface area contributed by atoms with Gasteiger partial charge in [-0.3, -0.25) is 4.79 Å². The predicted octanol–water partition coefficient (Wildman–Crippen LogP) is 0.0149. The summed E-state index contributed by atoms with van der Waals surface area (Å²) < 4.78 is 4.72. The topological polar surface area (TPSA) is 38.3 Å². The van der Waals surface area contributed by atoms with Crippen molar-refractivity contribution in [2.24, 2.45) is 17.8 Å². The molecular weight excluding hydrogens is 142 g/mol. The lowest BCUT2D eigenvalue weighted by Crippen LogP contribution is -2.56. The van der Waals surface area contributed by atoms with Crippen molar-refractivity contribution in [1.29, 1.82) is 0 Å². The van der Waals surface area contributed by atoms with Gasteiger partial charge in [0.05, 0.1) is 13.0 Å². The summed E-state index contributed by atoms with van der Waals surface area (Å²) in [5, 5.41) is 3.29. The number of methoxy groups -OCH3 is 1. The number of esters is 1. The van der Waals surface area contributed by atoms with Gasteiger partial charge in [0.25, 0.3) is 0 Å². The van der Waals surface area contributed by atoms with Crippen molar-refractivity contribution in [3.63, 3.8) is 0 Å². The average Bonchev–Trinajstić information content (AvgIpc) is 2.05. The molecule has 3 rings (SSSR count). The van der Waals surface area contributed by atoms with Crippen molar-refractivity contribution >= 4 is 5.97 Å². The molecule has 2 aliphatic heterocycles. The lowest BCUT2D eigenvalue weighted by atomic mass is 9.62. The lowest BCUT2D eigenvalue weighted by Gasteiger charge is -2.47. The number of hydrogen-bond acceptors (Lipinski definition) is 3. The maximum Gasteiger partial charge on any atom is 0.309 e. The highest BCUT2D eigenvalue weighted by Crippen LogP contribution is 2.42. The lowest BCUT2D eigenvalue weighted by molar-refractivity contribution is -0.158. The highest BCUT2D eigenvalue weighted by Gasteiger charge is 2.48. The Labute approximate surface area is 66.1 Å². The van der Waals surface area contributed by atoms with Crippen LogP contribution >= 0.6 is 0 Å². The van der Waals surface area contributed by atoms with Crippen molar-refractivity contribution in [1.82, 2.24) is 5.32 Å². The Kier molecular flexibility index (Phi) is 1.60. The van der Waals surface area contributed by atoms with E-state index in [-0.39, 0.29) is 11.9 Å². The Morgan fingerprint density at radius 3 is 2.55 bits per heavy atom. The standard InChI is InChI=1S/C8H13NO2/c1-11-8(10)7-5-2-6(7)4-9-3-5/h5-7,9H,2-4H2,1H3/t5-,6-/m0/s1. The maximum absolute atomic E-state index is 11.2. The molecule has 3 fully saturated rings. The first-order chi connectivity index (χ1) is 5.33. The van der Waals surface area contributed by atoms with Crippen LogP contribution in [0.2, 0.25) is 0 Å². The molecular formula is C8H13NO2. The summed E-state index contributed by atoms with van der Waals surface area (Å²) in [6.45, 7) is 1.99. The minimum absolute atomic E-state index is 0.00671. The fraction of sp³-hybridized carbons (Fsp3) is 0.875. The second-order valence-corrected chi connectivity index (χ2v) is 3.46. The summed E-state index contributed by atoms with van der Waals surface area (Å²) in [5.41, 5.74) is 0. The van der Waals surface area contributed by atoms with Crippen LogP contribution in [0.25, 0.3) is 0 Å². The number of carbonyl (C=O) groups is 1. The fourth-order valence-corrected chi connectivity index (χ4v) is 2.27. The number of hydrogen-bond donors (Lipinski definition) is 1. The zero-order valence-corrected chi connectivity index (χ0v) is 6.67. The van der Waals surface area contributed by atoms with E-state index in [1.165, 1.54) is 13.5 Å². The van der Waals surface area contributed by atoms with Crippen molar-refractivity contribution in [3.8, 4) is 0 Å². The Hall–Kier alpha value is -0.570. The van der Waals surface area contributed by atoms with Gasteiger partial charge in [-0.1, -0.05) is 0 Å². The number of carbonyl (C=O) groups excluding carboxylic acids is 1. The third-order valence-electron chi connectivity index (χ3n) is 2.91. The third kappa shape index (κ3) is 0.948. The van der Waals surface area contributed by atoms with Gasteiger partial charge in [0.15, 0.2) is 0 Å². The van der Waals surface area contributed by atoms with Crippen LogP contribution < -0.4 is 5.32 Å². The van der Waals surface area contributed by atoms with Crippen LogP contribution in [0.3, 0.4) is 0 Å². The second kappa shape index (κ2) is 2.48. The highest BCUT2D eigenvalue weighted by atomic mass is 16.5. The average molecular weight is 155 g/mol. The van der Waals surface area contributed by atoms with E-state index >= 15 is 0 Å². The van der Waals surface area contributed by atoms with E-state index in [2.05, 4.69) is 5.32 Å². The summed E-state index contributed by atoms with van der Waals surface area (Å²) in [7, 11) is 1.48. The van der Waals surface area contributed by atoms with E-state index in [1.807, 2.05) is 0 Å². The largest absolute Gasteiger partial charge is 0.469 e. The van der Waals surface area contributed by atoms with Crippen LogP contribution in [-0.4, -0.2) is 26.2 Å². The predicted molar refractivity (Wildman–Crippen MR) is 40.0 cm³/mol. The van der Waals surface area contributed by atoms with Gasteiger partial charge in [0.2, 0.25) is 0 Å². The third-order valence-corrected chi connectivity index (χ3v) is 2.91. The molecule has 2 saturated heterocycles. The number of nitrogens with one attached hydrogen (secondary N) is 1. The van der Waals surface area contributed by atoms with Gasteiger partial charge in [0, 0.05) is 0 Å². The van der Waals surface area contributed by atoms with Gasteiger partial charge in [0.1, 0.15) is 0 Å². The molecule has 11 heavy (non-hydrogen) atoms. The Morgan fingerprint density at radius 2 is 2.09 bits per heavy atom. The van der Waals surface area contributed by atoms with Gasteiger partial charge < -0.3 is 10.1 Å². The second-order valence-electron chi connectivity index (χ2n) is 3.46. The van der Waals surface area contributed by atoms with Crippen molar-refractivity contribution in [2.45, 2.75) is 6.42 Å². The Balaban J connectivity index is 2.00. The van der Waals surface area contributed by atoms with Crippen LogP contribution in [0.4, 0.5) is 0 Å². The van der Waals surface area contributed by atoms with Crippen LogP contribution in [0.15, 0.2) is 0 Å². The molecule has 0 unspecified atom stereocenters. The first-order valence-electron chi connectivity index (χ1n) is 4.11. The fourth-order valence-electron chi connectivity index (χ4n) is 2.27. The molecule has 0 amide bonds. The van der Waals surface area contributed by atoms with E-state index in [9.17, 15) is 4.79 Å². The summed E-state index contributed by atoms with van der Waals surface area (Å²) in [6.07, 6.45) is 1.22. The van der Waals surface area contributed by atoms with Crippen LogP contribution in [0.5, 0.6) is 0 Å². The summed E-state index contributed by atoms with van der Waals surface area (Å²) in [6, 6.07) is 0. The Morgan fingerprint density at radius 1 is 1.45 bits per heavy atom. The molecule has 0 spiro atoms. The van der Waals surface area contributed by atoms with Crippen molar-refractivity contribution in [3.05, 3.63) is 0 Å². The minimum Gasteiger partial charge on any atom is -0.469 e. The number of piperidine rings is 2. The van der Waals surface area contributed by atoms with Gasteiger partial charge in [-0.05, 0) is 31.3 Å². The number of fused-ring (bicyclic) bond motifs is 2. The zero-order valence-electron chi connectivity index (χ0n) is 6.67. The molecule has 62 valence electrons. The molecule has 2 heterocycles. The molecule has 3 nitrogen and oxygen atoms in total. The number of rotatable bonds is 1. The highest BCUT2D eigenvalue weighted by molar-refractivity contribution is 5.74. The normalized spacial score (nSPS) is 41.0.